The van der Waals surface area contributed by atoms with Gasteiger partial charge in [0.15, 0.2) is 0 Å². The first-order valence-corrected chi connectivity index (χ1v) is 6.55. The summed E-state index contributed by atoms with van der Waals surface area (Å²) in [6.45, 7) is 12.3. The monoisotopic (exact) mass is 236 g/mol. The summed E-state index contributed by atoms with van der Waals surface area (Å²) in [5.74, 6) is 0.761. The van der Waals surface area contributed by atoms with Crippen LogP contribution in [0.15, 0.2) is 24.3 Å². The fraction of sp³-hybridized carbons (Fsp3) is 0.733. The number of rotatable bonds is 1. The fourth-order valence-electron chi connectivity index (χ4n) is 3.72. The molecule has 2 heteroatoms. The molecule has 2 rings (SSSR count). The molecule has 0 radical (unpaired) electrons. The van der Waals surface area contributed by atoms with Crippen molar-refractivity contribution in [3.8, 4) is 0 Å². The zero-order chi connectivity index (χ0) is 12.8. The molecule has 2 N–H and O–H groups in total. The van der Waals surface area contributed by atoms with E-state index in [9.17, 15) is 10.2 Å². The molecule has 0 saturated heterocycles. The van der Waals surface area contributed by atoms with Crippen LogP contribution in [-0.2, 0) is 0 Å². The molecule has 96 valence electrons. The second-order valence-electron chi connectivity index (χ2n) is 6.23. The maximum Gasteiger partial charge on any atom is 0.0747 e. The van der Waals surface area contributed by atoms with Gasteiger partial charge in [0.25, 0.3) is 0 Å². The largest absolute Gasteiger partial charge is 0.393 e. The van der Waals surface area contributed by atoms with Crippen LogP contribution in [0.5, 0.6) is 0 Å². The van der Waals surface area contributed by atoms with Gasteiger partial charge >= 0.3 is 0 Å². The average molecular weight is 236 g/mol. The van der Waals surface area contributed by atoms with Gasteiger partial charge in [0.05, 0.1) is 12.2 Å². The van der Waals surface area contributed by atoms with Gasteiger partial charge in [-0.25, -0.2) is 0 Å². The van der Waals surface area contributed by atoms with Crippen LogP contribution in [-0.4, -0.2) is 22.4 Å². The molecule has 0 aliphatic heterocycles. The summed E-state index contributed by atoms with van der Waals surface area (Å²) in [7, 11) is 0. The van der Waals surface area contributed by atoms with Crippen LogP contribution in [0.4, 0.5) is 0 Å². The Morgan fingerprint density at radius 2 is 2.06 bits per heavy atom. The average Bonchev–Trinajstić information content (AvgIpc) is 2.44. The van der Waals surface area contributed by atoms with Crippen molar-refractivity contribution in [3.05, 3.63) is 24.3 Å². The van der Waals surface area contributed by atoms with Gasteiger partial charge in [-0.05, 0) is 55.4 Å². The van der Waals surface area contributed by atoms with Gasteiger partial charge in [-0.1, -0.05) is 25.7 Å². The number of aliphatic hydroxyl groups excluding tert-OH is 2. The quantitative estimate of drug-likeness (QED) is 0.687. The lowest BCUT2D eigenvalue weighted by Crippen LogP contribution is -2.32. The van der Waals surface area contributed by atoms with Crippen LogP contribution < -0.4 is 0 Å². The highest BCUT2D eigenvalue weighted by molar-refractivity contribution is 5.17. The van der Waals surface area contributed by atoms with Crippen molar-refractivity contribution in [2.75, 3.05) is 0 Å². The molecule has 2 saturated carbocycles. The number of fused-ring (bicyclic) bond motifs is 1. The molecular weight excluding hydrogens is 212 g/mol. The third kappa shape index (κ3) is 1.98. The molecule has 0 amide bonds. The van der Waals surface area contributed by atoms with Crippen molar-refractivity contribution < 1.29 is 10.2 Å². The van der Waals surface area contributed by atoms with Crippen molar-refractivity contribution in [1.29, 1.82) is 0 Å². The van der Waals surface area contributed by atoms with Crippen LogP contribution in [0.1, 0.15) is 39.5 Å². The van der Waals surface area contributed by atoms with E-state index in [0.717, 1.165) is 36.8 Å². The van der Waals surface area contributed by atoms with Crippen LogP contribution in [0.2, 0.25) is 0 Å². The van der Waals surface area contributed by atoms with Gasteiger partial charge in [-0.3, -0.25) is 0 Å². The standard InChI is InChI=1S/C15H24O2/c1-9(2)11-8-14(17)15(4)6-5-13(16)10(3)7-12(11)15/h11-14,16-17H,1,3,5-8H2,2,4H3. The molecule has 0 spiro atoms. The van der Waals surface area contributed by atoms with Crippen LogP contribution in [0.3, 0.4) is 0 Å². The van der Waals surface area contributed by atoms with E-state index in [1.54, 1.807) is 0 Å². The van der Waals surface area contributed by atoms with Crippen molar-refractivity contribution in [1.82, 2.24) is 0 Å². The van der Waals surface area contributed by atoms with Crippen LogP contribution in [0, 0.1) is 17.3 Å². The normalized spacial score (nSPS) is 46.5. The Kier molecular flexibility index (Phi) is 3.21. The van der Waals surface area contributed by atoms with E-state index in [-0.39, 0.29) is 11.5 Å². The van der Waals surface area contributed by atoms with E-state index in [1.165, 1.54) is 0 Å². The maximum absolute atomic E-state index is 10.3. The zero-order valence-electron chi connectivity index (χ0n) is 10.9. The molecule has 0 aromatic heterocycles. The maximum atomic E-state index is 10.3. The predicted molar refractivity (Wildman–Crippen MR) is 69.5 cm³/mol. The summed E-state index contributed by atoms with van der Waals surface area (Å²) in [6.07, 6.45) is 2.59. The minimum atomic E-state index is -0.393. The highest BCUT2D eigenvalue weighted by Crippen LogP contribution is 2.56. The summed E-state index contributed by atoms with van der Waals surface area (Å²) >= 11 is 0. The Labute approximate surface area is 104 Å². The molecule has 2 nitrogen and oxygen atoms in total. The van der Waals surface area contributed by atoms with E-state index >= 15 is 0 Å². The van der Waals surface area contributed by atoms with E-state index < -0.39 is 6.10 Å². The first-order valence-electron chi connectivity index (χ1n) is 6.55. The minimum absolute atomic E-state index is 0.0793. The van der Waals surface area contributed by atoms with Crippen molar-refractivity contribution in [3.63, 3.8) is 0 Å². The van der Waals surface area contributed by atoms with E-state index in [2.05, 4.69) is 20.1 Å². The Hall–Kier alpha value is -0.600. The summed E-state index contributed by atoms with van der Waals surface area (Å²) in [6, 6.07) is 0. The third-order valence-corrected chi connectivity index (χ3v) is 5.11. The van der Waals surface area contributed by atoms with Gasteiger partial charge < -0.3 is 10.2 Å². The molecule has 2 aliphatic carbocycles. The summed E-state index contributed by atoms with van der Waals surface area (Å²) < 4.78 is 0. The topological polar surface area (TPSA) is 40.5 Å². The summed E-state index contributed by atoms with van der Waals surface area (Å²) in [5.41, 5.74) is 2.00. The summed E-state index contributed by atoms with van der Waals surface area (Å²) in [4.78, 5) is 0. The predicted octanol–water partition coefficient (Wildman–Crippen LogP) is 2.67. The molecule has 2 aliphatic rings. The lowest BCUT2D eigenvalue weighted by molar-refractivity contribution is 0.0306. The fourth-order valence-corrected chi connectivity index (χ4v) is 3.72. The Morgan fingerprint density at radius 1 is 1.41 bits per heavy atom. The molecule has 0 aromatic rings. The number of hydrogen-bond donors (Lipinski definition) is 2. The SMILES string of the molecule is C=C1CC2C(C(=C)C)CC(O)C2(C)CCC1O. The molecule has 5 atom stereocenters. The molecule has 2 fully saturated rings. The number of allylic oxidation sites excluding steroid dienone is 1. The molecule has 0 aromatic carbocycles. The Morgan fingerprint density at radius 3 is 2.65 bits per heavy atom. The molecule has 17 heavy (non-hydrogen) atoms. The Bertz CT molecular complexity index is 347. The van der Waals surface area contributed by atoms with Crippen molar-refractivity contribution in [2.24, 2.45) is 17.3 Å². The lowest BCUT2D eigenvalue weighted by atomic mass is 9.71. The molecule has 5 unspecified atom stereocenters. The minimum Gasteiger partial charge on any atom is -0.393 e. The van der Waals surface area contributed by atoms with E-state index in [0.29, 0.717) is 11.8 Å². The van der Waals surface area contributed by atoms with Crippen molar-refractivity contribution in [2.45, 2.75) is 51.7 Å². The second-order valence-corrected chi connectivity index (χ2v) is 6.23. The van der Waals surface area contributed by atoms with Gasteiger partial charge in [0, 0.05) is 0 Å². The first-order chi connectivity index (χ1) is 7.86. The highest BCUT2D eigenvalue weighted by Gasteiger charge is 2.52. The van der Waals surface area contributed by atoms with Gasteiger partial charge in [-0.2, -0.15) is 0 Å². The molecular formula is C15H24O2. The van der Waals surface area contributed by atoms with Crippen molar-refractivity contribution >= 4 is 0 Å². The molecule has 0 bridgehead atoms. The third-order valence-electron chi connectivity index (χ3n) is 5.11. The van der Waals surface area contributed by atoms with E-state index in [4.69, 9.17) is 0 Å². The Balaban J connectivity index is 2.33. The van der Waals surface area contributed by atoms with Crippen LogP contribution in [0.25, 0.3) is 0 Å². The summed E-state index contributed by atoms with van der Waals surface area (Å²) in [5, 5.41) is 20.3. The zero-order valence-corrected chi connectivity index (χ0v) is 10.9. The number of aliphatic hydroxyl groups is 2. The van der Waals surface area contributed by atoms with E-state index in [1.807, 2.05) is 6.92 Å². The van der Waals surface area contributed by atoms with Crippen LogP contribution >= 0.6 is 0 Å². The smallest absolute Gasteiger partial charge is 0.0747 e. The first kappa shape index (κ1) is 12.8. The van der Waals surface area contributed by atoms with Gasteiger partial charge in [0.2, 0.25) is 0 Å². The lowest BCUT2D eigenvalue weighted by Gasteiger charge is -2.34. The number of hydrogen-bond acceptors (Lipinski definition) is 2. The van der Waals surface area contributed by atoms with Gasteiger partial charge in [0.1, 0.15) is 0 Å². The molecule has 0 heterocycles. The van der Waals surface area contributed by atoms with Gasteiger partial charge in [-0.15, -0.1) is 0 Å². The highest BCUT2D eigenvalue weighted by atomic mass is 16.3. The second kappa shape index (κ2) is 4.25.